The smallest absolute Gasteiger partial charge is 0.0649 e. The molecule has 0 bridgehead atoms. The quantitative estimate of drug-likeness (QED) is 0.329. The molecule has 1 heteroatoms. The minimum atomic E-state index is -1.21. The third kappa shape index (κ3) is 2.43. The van der Waals surface area contributed by atoms with Gasteiger partial charge in [0.05, 0.1) is 0 Å². The summed E-state index contributed by atoms with van der Waals surface area (Å²) in [4.78, 5) is 0. The minimum absolute atomic E-state index is 0.392. The SMILES string of the molecule is CC1=Cc2c(ccc3ccccc23)C1c1ccc2c3c1[SiH](Cc1ccccc1)C3=C(C)[CH]2. The molecule has 153 valence electrons. The fourth-order valence-electron chi connectivity index (χ4n) is 6.47. The standard InChI is InChI=1S/C31H25Si/c1-19-17-27-24-11-7-6-10-22(24)12-14-25(27)28(19)26-15-13-23-16-20(2)30-29(23)31(26)32(30)18-21-8-4-3-5-9-21/h3-17,28,32H,18H2,1-2H3. The van der Waals surface area contributed by atoms with Crippen LogP contribution in [0.1, 0.15) is 53.1 Å². The lowest BCUT2D eigenvalue weighted by Crippen LogP contribution is -2.49. The molecule has 0 amide bonds. The first kappa shape index (κ1) is 18.4. The lowest BCUT2D eigenvalue weighted by molar-refractivity contribution is 0.983. The van der Waals surface area contributed by atoms with Crippen LogP contribution in [-0.2, 0) is 6.04 Å². The van der Waals surface area contributed by atoms with Gasteiger partial charge in [0.2, 0.25) is 0 Å². The van der Waals surface area contributed by atoms with Crippen molar-refractivity contribution in [3.05, 3.63) is 130 Å². The molecule has 0 fully saturated rings. The molecule has 0 nitrogen and oxygen atoms in total. The molecule has 32 heavy (non-hydrogen) atoms. The van der Waals surface area contributed by atoms with E-state index in [1.807, 2.05) is 0 Å². The number of rotatable bonds is 3. The summed E-state index contributed by atoms with van der Waals surface area (Å²) in [7, 11) is -1.21. The van der Waals surface area contributed by atoms with Crippen molar-refractivity contribution >= 4 is 36.0 Å². The molecule has 2 unspecified atom stereocenters. The van der Waals surface area contributed by atoms with Crippen LogP contribution in [0.25, 0.3) is 22.0 Å². The van der Waals surface area contributed by atoms with Crippen LogP contribution in [0, 0.1) is 6.42 Å². The summed E-state index contributed by atoms with van der Waals surface area (Å²) in [5.41, 5.74) is 12.0. The Hall–Kier alpha value is -3.16. The maximum Gasteiger partial charge on any atom is 0.109 e. The summed E-state index contributed by atoms with van der Waals surface area (Å²) in [6.07, 6.45) is 4.87. The molecule has 2 aliphatic carbocycles. The van der Waals surface area contributed by atoms with Gasteiger partial charge < -0.3 is 0 Å². The van der Waals surface area contributed by atoms with E-state index in [0.717, 1.165) is 0 Å². The molecule has 2 atom stereocenters. The van der Waals surface area contributed by atoms with Crippen molar-refractivity contribution < 1.29 is 0 Å². The number of hydrogen-bond donors (Lipinski definition) is 0. The van der Waals surface area contributed by atoms with Crippen molar-refractivity contribution in [2.24, 2.45) is 0 Å². The van der Waals surface area contributed by atoms with E-state index in [1.54, 1.807) is 21.5 Å². The van der Waals surface area contributed by atoms with Crippen LogP contribution < -0.4 is 5.19 Å². The minimum Gasteiger partial charge on any atom is -0.0649 e. The molecular weight excluding hydrogens is 400 g/mol. The van der Waals surface area contributed by atoms with Gasteiger partial charge in [0.15, 0.2) is 0 Å². The Morgan fingerprint density at radius 3 is 2.44 bits per heavy atom. The highest BCUT2D eigenvalue weighted by Gasteiger charge is 2.43. The second-order valence-corrected chi connectivity index (χ2v) is 12.3. The van der Waals surface area contributed by atoms with E-state index in [-0.39, 0.29) is 0 Å². The van der Waals surface area contributed by atoms with E-state index in [2.05, 4.69) is 105 Å². The Labute approximate surface area is 191 Å². The Balaban J connectivity index is 1.40. The highest BCUT2D eigenvalue weighted by molar-refractivity contribution is 6.97. The number of allylic oxidation sites excluding steroid dienone is 2. The Morgan fingerprint density at radius 1 is 0.781 bits per heavy atom. The summed E-state index contributed by atoms with van der Waals surface area (Å²) in [6, 6.07) is 30.7. The highest BCUT2D eigenvalue weighted by Crippen LogP contribution is 2.48. The first-order chi connectivity index (χ1) is 15.7. The number of benzene rings is 4. The third-order valence-corrected chi connectivity index (χ3v) is 11.5. The fraction of sp³-hybridized carbons (Fsp3) is 0.129. The zero-order valence-corrected chi connectivity index (χ0v) is 19.7. The van der Waals surface area contributed by atoms with Crippen molar-refractivity contribution in [3.63, 3.8) is 0 Å². The molecule has 4 aromatic carbocycles. The molecule has 1 radical (unpaired) electrons. The maximum atomic E-state index is 2.46. The number of hydrogen-bond acceptors (Lipinski definition) is 0. The second kappa shape index (κ2) is 6.67. The van der Waals surface area contributed by atoms with Gasteiger partial charge in [0.25, 0.3) is 0 Å². The van der Waals surface area contributed by atoms with Crippen LogP contribution in [0.2, 0.25) is 0 Å². The predicted molar refractivity (Wildman–Crippen MR) is 139 cm³/mol. The molecule has 0 saturated carbocycles. The molecule has 7 rings (SSSR count). The molecule has 0 saturated heterocycles. The summed E-state index contributed by atoms with van der Waals surface area (Å²) < 4.78 is 0. The van der Waals surface area contributed by atoms with Gasteiger partial charge in [-0.25, -0.2) is 0 Å². The predicted octanol–water partition coefficient (Wildman–Crippen LogP) is 6.50. The summed E-state index contributed by atoms with van der Waals surface area (Å²) in [5, 5.41) is 6.17. The van der Waals surface area contributed by atoms with Gasteiger partial charge in [-0.15, -0.1) is 0 Å². The zero-order chi connectivity index (χ0) is 21.4. The fourth-order valence-corrected chi connectivity index (χ4v) is 10.3. The van der Waals surface area contributed by atoms with Crippen molar-refractivity contribution in [1.82, 2.24) is 0 Å². The molecule has 3 aliphatic rings. The van der Waals surface area contributed by atoms with Crippen LogP contribution >= 0.6 is 0 Å². The lowest BCUT2D eigenvalue weighted by Gasteiger charge is -2.37. The van der Waals surface area contributed by atoms with Crippen LogP contribution in [0.3, 0.4) is 0 Å². The van der Waals surface area contributed by atoms with Gasteiger partial charge >= 0.3 is 0 Å². The molecule has 0 spiro atoms. The van der Waals surface area contributed by atoms with E-state index in [0.29, 0.717) is 5.92 Å². The monoisotopic (exact) mass is 425 g/mol. The first-order valence-electron chi connectivity index (χ1n) is 11.7. The lowest BCUT2D eigenvalue weighted by atomic mass is 9.86. The average Bonchev–Trinajstić information content (AvgIpc) is 3.31. The molecule has 1 aliphatic heterocycles. The highest BCUT2D eigenvalue weighted by atomic mass is 28.3. The van der Waals surface area contributed by atoms with E-state index < -0.39 is 8.80 Å². The molecule has 1 heterocycles. The average molecular weight is 426 g/mol. The first-order valence-corrected chi connectivity index (χ1v) is 13.6. The van der Waals surface area contributed by atoms with Crippen molar-refractivity contribution in [1.29, 1.82) is 0 Å². The van der Waals surface area contributed by atoms with Crippen molar-refractivity contribution in [2.45, 2.75) is 25.8 Å². The van der Waals surface area contributed by atoms with Gasteiger partial charge in [0, 0.05) is 12.3 Å². The Bertz CT molecular complexity index is 1490. The Morgan fingerprint density at radius 2 is 1.56 bits per heavy atom. The summed E-state index contributed by atoms with van der Waals surface area (Å²) in [5.74, 6) is 0.392. The second-order valence-electron chi connectivity index (χ2n) is 9.63. The van der Waals surface area contributed by atoms with Crippen LogP contribution in [0.5, 0.6) is 0 Å². The van der Waals surface area contributed by atoms with E-state index in [4.69, 9.17) is 0 Å². The molecule has 4 aromatic rings. The molecule has 0 aromatic heterocycles. The van der Waals surface area contributed by atoms with Crippen LogP contribution in [0.15, 0.2) is 90.0 Å². The van der Waals surface area contributed by atoms with E-state index in [9.17, 15) is 0 Å². The van der Waals surface area contributed by atoms with Crippen molar-refractivity contribution in [3.8, 4) is 0 Å². The van der Waals surface area contributed by atoms with Gasteiger partial charge in [0.1, 0.15) is 8.80 Å². The maximum absolute atomic E-state index is 2.46. The topological polar surface area (TPSA) is 0 Å². The molecule has 0 N–H and O–H groups in total. The molecular formula is C31H25Si. The van der Waals surface area contributed by atoms with Gasteiger partial charge in [-0.3, -0.25) is 0 Å². The number of fused-ring (bicyclic) bond motifs is 3. The summed E-state index contributed by atoms with van der Waals surface area (Å²) >= 11 is 0. The summed E-state index contributed by atoms with van der Waals surface area (Å²) in [6.45, 7) is 4.66. The van der Waals surface area contributed by atoms with E-state index in [1.165, 1.54) is 50.2 Å². The van der Waals surface area contributed by atoms with Crippen LogP contribution in [-0.4, -0.2) is 8.80 Å². The van der Waals surface area contributed by atoms with Gasteiger partial charge in [-0.05, 0) is 63.7 Å². The van der Waals surface area contributed by atoms with Crippen LogP contribution in [0.4, 0.5) is 0 Å². The normalized spacial score (nSPS) is 20.2. The van der Waals surface area contributed by atoms with Gasteiger partial charge in [-0.2, -0.15) is 0 Å². The zero-order valence-electron chi connectivity index (χ0n) is 18.5. The third-order valence-electron chi connectivity index (χ3n) is 7.81. The van der Waals surface area contributed by atoms with Crippen molar-refractivity contribution in [2.75, 3.05) is 0 Å². The van der Waals surface area contributed by atoms with E-state index >= 15 is 0 Å². The largest absolute Gasteiger partial charge is 0.109 e. The van der Waals surface area contributed by atoms with Gasteiger partial charge in [-0.1, -0.05) is 107 Å². The Kier molecular flexibility index (Phi) is 3.84.